The van der Waals surface area contributed by atoms with Gasteiger partial charge in [-0.25, -0.2) is 4.79 Å². The van der Waals surface area contributed by atoms with E-state index in [-0.39, 0.29) is 11.6 Å². The highest BCUT2D eigenvalue weighted by Gasteiger charge is 2.12. The first-order valence-electron chi connectivity index (χ1n) is 4.50. The van der Waals surface area contributed by atoms with Crippen LogP contribution in [0.2, 0.25) is 0 Å². The Morgan fingerprint density at radius 2 is 2.00 bits per heavy atom. The highest BCUT2D eigenvalue weighted by Crippen LogP contribution is 1.97. The maximum absolute atomic E-state index is 11.2. The molecule has 0 aromatic heterocycles. The van der Waals surface area contributed by atoms with E-state index in [1.807, 2.05) is 20.8 Å². The minimum Gasteiger partial charge on any atom is -0.338 e. The first kappa shape index (κ1) is 12.6. The smallest absolute Gasteiger partial charge is 0.315 e. The Hall–Kier alpha value is -0.380. The molecule has 0 rings (SSSR count). The van der Waals surface area contributed by atoms with E-state index in [9.17, 15) is 4.79 Å². The fourth-order valence-electron chi connectivity index (χ4n) is 0.803. The molecule has 3 nitrogen and oxygen atoms in total. The molecule has 0 fully saturated rings. The average Bonchev–Trinajstić information content (AvgIpc) is 1.94. The van der Waals surface area contributed by atoms with E-state index in [1.54, 1.807) is 11.8 Å². The minimum absolute atomic E-state index is 0.0754. The Morgan fingerprint density at radius 3 is 2.46 bits per heavy atom. The summed E-state index contributed by atoms with van der Waals surface area (Å²) in [6.07, 6.45) is 3.09. The molecule has 0 heterocycles. The van der Waals surface area contributed by atoms with E-state index >= 15 is 0 Å². The van der Waals surface area contributed by atoms with Crippen molar-refractivity contribution < 1.29 is 4.79 Å². The van der Waals surface area contributed by atoms with Gasteiger partial charge in [-0.3, -0.25) is 0 Å². The number of carbonyl (C=O) groups is 1. The molecule has 0 aliphatic rings. The second-order valence-electron chi connectivity index (χ2n) is 3.98. The lowest BCUT2D eigenvalue weighted by Crippen LogP contribution is -2.46. The normalized spacial score (nSPS) is 11.1. The lowest BCUT2D eigenvalue weighted by atomic mass is 10.1. The second kappa shape index (κ2) is 6.13. The molecule has 0 aliphatic carbocycles. The summed E-state index contributed by atoms with van der Waals surface area (Å²) in [5.74, 6) is 1.09. The van der Waals surface area contributed by atoms with Gasteiger partial charge in [-0.15, -0.1) is 0 Å². The molecule has 0 saturated carbocycles. The van der Waals surface area contributed by atoms with Crippen LogP contribution in [0.4, 0.5) is 4.79 Å². The van der Waals surface area contributed by atoms with Gasteiger partial charge in [0.1, 0.15) is 0 Å². The van der Waals surface area contributed by atoms with Gasteiger partial charge in [-0.1, -0.05) is 0 Å². The zero-order chi connectivity index (χ0) is 10.3. The van der Waals surface area contributed by atoms with Gasteiger partial charge in [-0.05, 0) is 39.2 Å². The molecule has 0 radical (unpaired) electrons. The summed E-state index contributed by atoms with van der Waals surface area (Å²) in [6, 6.07) is -0.0754. The number of nitrogens with one attached hydrogen (secondary N) is 2. The van der Waals surface area contributed by atoms with Gasteiger partial charge in [-0.2, -0.15) is 11.8 Å². The maximum Gasteiger partial charge on any atom is 0.315 e. The minimum atomic E-state index is -0.149. The van der Waals surface area contributed by atoms with Gasteiger partial charge >= 0.3 is 6.03 Å². The molecule has 0 aromatic rings. The van der Waals surface area contributed by atoms with Crippen LogP contribution in [0.25, 0.3) is 0 Å². The molecule has 0 aromatic carbocycles. The molecule has 4 heteroatoms. The highest BCUT2D eigenvalue weighted by atomic mass is 32.2. The number of urea groups is 1. The zero-order valence-corrected chi connectivity index (χ0v) is 9.75. The molecule has 0 unspecified atom stereocenters. The number of hydrogen-bond donors (Lipinski definition) is 2. The molecule has 2 amide bonds. The number of amides is 2. The molecular formula is C9H20N2OS. The lowest BCUT2D eigenvalue weighted by Gasteiger charge is -2.20. The molecule has 0 spiro atoms. The Labute approximate surface area is 85.0 Å². The van der Waals surface area contributed by atoms with Crippen molar-refractivity contribution in [3.8, 4) is 0 Å². The fraction of sp³-hybridized carbons (Fsp3) is 0.889. The molecular weight excluding hydrogens is 184 g/mol. The average molecular weight is 204 g/mol. The Kier molecular flexibility index (Phi) is 5.95. The molecule has 0 atom stereocenters. The summed E-state index contributed by atoms with van der Waals surface area (Å²) in [4.78, 5) is 11.2. The Morgan fingerprint density at radius 1 is 1.38 bits per heavy atom. The van der Waals surface area contributed by atoms with E-state index in [2.05, 4.69) is 16.9 Å². The van der Waals surface area contributed by atoms with Crippen LogP contribution < -0.4 is 10.6 Å². The molecule has 2 N–H and O–H groups in total. The van der Waals surface area contributed by atoms with E-state index in [1.165, 1.54) is 0 Å². The van der Waals surface area contributed by atoms with Crippen LogP contribution >= 0.6 is 11.8 Å². The summed E-state index contributed by atoms with van der Waals surface area (Å²) in [7, 11) is 0. The van der Waals surface area contributed by atoms with E-state index in [0.717, 1.165) is 18.7 Å². The van der Waals surface area contributed by atoms with E-state index < -0.39 is 0 Å². The number of rotatable bonds is 4. The van der Waals surface area contributed by atoms with Crippen LogP contribution in [0.1, 0.15) is 27.2 Å². The van der Waals surface area contributed by atoms with Crippen LogP contribution in [0.15, 0.2) is 0 Å². The van der Waals surface area contributed by atoms with Crippen molar-refractivity contribution in [2.45, 2.75) is 32.7 Å². The third-order valence-corrected chi connectivity index (χ3v) is 2.00. The van der Waals surface area contributed by atoms with Crippen molar-refractivity contribution in [1.29, 1.82) is 0 Å². The molecule has 0 aliphatic heterocycles. The van der Waals surface area contributed by atoms with Crippen molar-refractivity contribution in [2.75, 3.05) is 18.6 Å². The SMILES string of the molecule is CSCCCNC(=O)NC(C)(C)C. The standard InChI is InChI=1S/C9H20N2OS/c1-9(2,3)11-8(12)10-6-5-7-13-4/h5-7H2,1-4H3,(H2,10,11,12). The van der Waals surface area contributed by atoms with Crippen molar-refractivity contribution in [3.05, 3.63) is 0 Å². The monoisotopic (exact) mass is 204 g/mol. The number of hydrogen-bond acceptors (Lipinski definition) is 2. The largest absolute Gasteiger partial charge is 0.338 e. The van der Waals surface area contributed by atoms with Gasteiger partial charge in [0, 0.05) is 12.1 Å². The third kappa shape index (κ3) is 9.53. The maximum atomic E-state index is 11.2. The van der Waals surface area contributed by atoms with Gasteiger partial charge in [0.15, 0.2) is 0 Å². The topological polar surface area (TPSA) is 41.1 Å². The number of carbonyl (C=O) groups excluding carboxylic acids is 1. The van der Waals surface area contributed by atoms with Crippen LogP contribution in [0.5, 0.6) is 0 Å². The van der Waals surface area contributed by atoms with Gasteiger partial charge in [0.05, 0.1) is 0 Å². The summed E-state index contributed by atoms with van der Waals surface area (Å²) in [6.45, 7) is 6.65. The van der Waals surface area contributed by atoms with E-state index in [0.29, 0.717) is 0 Å². The van der Waals surface area contributed by atoms with Gasteiger partial charge < -0.3 is 10.6 Å². The van der Waals surface area contributed by atoms with Crippen molar-refractivity contribution in [1.82, 2.24) is 10.6 Å². The molecule has 0 bridgehead atoms. The third-order valence-electron chi connectivity index (χ3n) is 1.30. The van der Waals surface area contributed by atoms with Crippen LogP contribution in [0.3, 0.4) is 0 Å². The summed E-state index contributed by atoms with van der Waals surface area (Å²) in [5, 5.41) is 5.65. The molecule has 78 valence electrons. The molecule has 0 saturated heterocycles. The first-order valence-corrected chi connectivity index (χ1v) is 5.90. The second-order valence-corrected chi connectivity index (χ2v) is 4.96. The lowest BCUT2D eigenvalue weighted by molar-refractivity contribution is 0.232. The quantitative estimate of drug-likeness (QED) is 0.686. The summed E-state index contributed by atoms with van der Waals surface area (Å²) >= 11 is 1.79. The van der Waals surface area contributed by atoms with Crippen LogP contribution in [-0.2, 0) is 0 Å². The Bertz CT molecular complexity index is 154. The number of thioether (sulfide) groups is 1. The first-order chi connectivity index (χ1) is 5.95. The zero-order valence-electron chi connectivity index (χ0n) is 8.94. The molecule has 13 heavy (non-hydrogen) atoms. The van der Waals surface area contributed by atoms with Crippen LogP contribution in [-0.4, -0.2) is 30.1 Å². The summed E-state index contributed by atoms with van der Waals surface area (Å²) < 4.78 is 0. The predicted molar refractivity (Wildman–Crippen MR) is 59.3 cm³/mol. The van der Waals surface area contributed by atoms with Gasteiger partial charge in [0.2, 0.25) is 0 Å². The summed E-state index contributed by atoms with van der Waals surface area (Å²) in [5.41, 5.74) is -0.149. The Balaban J connectivity index is 3.41. The van der Waals surface area contributed by atoms with Crippen molar-refractivity contribution >= 4 is 17.8 Å². The van der Waals surface area contributed by atoms with Gasteiger partial charge in [0.25, 0.3) is 0 Å². The van der Waals surface area contributed by atoms with E-state index in [4.69, 9.17) is 0 Å². The van der Waals surface area contributed by atoms with Crippen molar-refractivity contribution in [3.63, 3.8) is 0 Å². The van der Waals surface area contributed by atoms with Crippen molar-refractivity contribution in [2.24, 2.45) is 0 Å². The predicted octanol–water partition coefficient (Wildman–Crippen LogP) is 1.84. The highest BCUT2D eigenvalue weighted by molar-refractivity contribution is 7.98. The van der Waals surface area contributed by atoms with Crippen LogP contribution in [0, 0.1) is 0 Å². The fourth-order valence-corrected chi connectivity index (χ4v) is 1.24.